The van der Waals surface area contributed by atoms with E-state index in [1.54, 1.807) is 20.3 Å². The Balaban J connectivity index is 1.82. The number of hydrogen-bond acceptors (Lipinski definition) is 5. The average molecular weight is 502 g/mol. The molecule has 0 radical (unpaired) electrons. The van der Waals surface area contributed by atoms with E-state index in [2.05, 4.69) is 25.8 Å². The summed E-state index contributed by atoms with van der Waals surface area (Å²) in [7, 11) is 6.80. The molecule has 0 spiro atoms. The van der Waals surface area contributed by atoms with Crippen LogP contribution in [0.1, 0.15) is 49.3 Å². The van der Waals surface area contributed by atoms with Crippen molar-refractivity contribution < 1.29 is 28.5 Å². The van der Waals surface area contributed by atoms with Crippen LogP contribution in [0.5, 0.6) is 11.5 Å². The highest BCUT2D eigenvalue weighted by Crippen LogP contribution is 2.54. The summed E-state index contributed by atoms with van der Waals surface area (Å²) in [6.45, 7) is 5.77. The highest BCUT2D eigenvalue weighted by molar-refractivity contribution is 5.74. The molecule has 0 fully saturated rings. The molecule has 6 nitrogen and oxygen atoms in total. The number of carbonyl (C=O) groups is 1. The summed E-state index contributed by atoms with van der Waals surface area (Å²) in [6.07, 6.45) is 1.83. The lowest BCUT2D eigenvalue weighted by molar-refractivity contribution is -0.162. The molecule has 0 heterocycles. The van der Waals surface area contributed by atoms with Gasteiger partial charge in [-0.2, -0.15) is 0 Å². The molecule has 0 aliphatic heterocycles. The molecule has 3 atom stereocenters. The van der Waals surface area contributed by atoms with Crippen LogP contribution in [0.2, 0.25) is 0 Å². The van der Waals surface area contributed by atoms with Crippen molar-refractivity contribution >= 4 is 5.97 Å². The number of carboxylic acid groups (broad SMARTS) is 1. The van der Waals surface area contributed by atoms with E-state index < -0.39 is 17.5 Å². The van der Waals surface area contributed by atoms with Crippen molar-refractivity contribution in [3.63, 3.8) is 0 Å². The minimum Gasteiger partial charge on any atom is -0.493 e. The summed E-state index contributed by atoms with van der Waals surface area (Å²) in [4.78, 5) is 14.7. The number of hydrogen-bond donors (Lipinski definition) is 1. The van der Waals surface area contributed by atoms with Gasteiger partial charge in [0.15, 0.2) is 17.6 Å². The number of aryl methyl sites for hydroxylation is 1. The van der Waals surface area contributed by atoms with Crippen molar-refractivity contribution in [1.82, 2.24) is 4.90 Å². The zero-order chi connectivity index (χ0) is 26.5. The number of benzene rings is 2. The van der Waals surface area contributed by atoms with Gasteiger partial charge in [-0.1, -0.05) is 26.0 Å². The highest BCUT2D eigenvalue weighted by atomic mass is 19.1. The van der Waals surface area contributed by atoms with E-state index in [0.717, 1.165) is 36.2 Å². The Kier molecular flexibility index (Phi) is 9.36. The number of methoxy groups -OCH3 is 3. The summed E-state index contributed by atoms with van der Waals surface area (Å²) in [5.41, 5.74) is 2.57. The van der Waals surface area contributed by atoms with Gasteiger partial charge in [-0.3, -0.25) is 0 Å². The number of rotatable bonds is 12. The van der Waals surface area contributed by atoms with Gasteiger partial charge in [0.25, 0.3) is 0 Å². The number of likely N-dealkylation sites (N-methyl/N-ethyl adjacent to an activating group) is 1. The van der Waals surface area contributed by atoms with E-state index in [9.17, 15) is 14.3 Å². The van der Waals surface area contributed by atoms with E-state index in [-0.39, 0.29) is 17.7 Å². The molecule has 0 bridgehead atoms. The molecule has 0 saturated heterocycles. The molecule has 0 amide bonds. The van der Waals surface area contributed by atoms with Gasteiger partial charge in [-0.05, 0) is 92.1 Å². The third-order valence-electron chi connectivity index (χ3n) is 7.76. The lowest BCUT2D eigenvalue weighted by atomic mass is 9.56. The Labute approximate surface area is 214 Å². The molecule has 2 aromatic carbocycles. The first-order chi connectivity index (χ1) is 17.2. The predicted molar refractivity (Wildman–Crippen MR) is 139 cm³/mol. The summed E-state index contributed by atoms with van der Waals surface area (Å²) in [6, 6.07) is 10.9. The monoisotopic (exact) mass is 501 g/mol. The fraction of sp³-hybridized carbons (Fsp3) is 0.552. The molecule has 7 heteroatoms. The zero-order valence-electron chi connectivity index (χ0n) is 22.3. The summed E-state index contributed by atoms with van der Waals surface area (Å²) >= 11 is 0. The molecule has 0 aromatic heterocycles. The molecule has 2 aromatic rings. The maximum Gasteiger partial charge on any atom is 0.333 e. The first-order valence-corrected chi connectivity index (χ1v) is 12.6. The van der Waals surface area contributed by atoms with Crippen LogP contribution in [0.15, 0.2) is 36.4 Å². The van der Waals surface area contributed by atoms with Gasteiger partial charge < -0.3 is 24.2 Å². The molecule has 1 aliphatic rings. The van der Waals surface area contributed by atoms with Crippen molar-refractivity contribution in [3.8, 4) is 11.5 Å². The molecule has 198 valence electrons. The zero-order valence-corrected chi connectivity index (χ0v) is 22.3. The second-order valence-electron chi connectivity index (χ2n) is 10.2. The molecule has 3 rings (SSSR count). The van der Waals surface area contributed by atoms with Crippen LogP contribution in [0.4, 0.5) is 4.39 Å². The Hall–Kier alpha value is -2.64. The number of ether oxygens (including phenoxy) is 3. The van der Waals surface area contributed by atoms with Crippen molar-refractivity contribution in [1.29, 1.82) is 0 Å². The Bertz CT molecular complexity index is 1040. The topological polar surface area (TPSA) is 68.2 Å². The highest BCUT2D eigenvalue weighted by Gasteiger charge is 2.52. The minimum atomic E-state index is -0.943. The van der Waals surface area contributed by atoms with Crippen molar-refractivity contribution in [2.75, 3.05) is 41.5 Å². The van der Waals surface area contributed by atoms with Crippen molar-refractivity contribution in [2.45, 2.75) is 51.6 Å². The van der Waals surface area contributed by atoms with E-state index in [1.165, 1.54) is 13.2 Å². The van der Waals surface area contributed by atoms with Gasteiger partial charge in [0.05, 0.1) is 14.2 Å². The van der Waals surface area contributed by atoms with Gasteiger partial charge in [0.1, 0.15) is 5.82 Å². The quantitative estimate of drug-likeness (QED) is 0.432. The average Bonchev–Trinajstić information content (AvgIpc) is 2.85. The maximum atomic E-state index is 14.0. The summed E-state index contributed by atoms with van der Waals surface area (Å²) in [5, 5.41) is 10.2. The molecule has 1 aliphatic carbocycles. The predicted octanol–water partition coefficient (Wildman–Crippen LogP) is 5.18. The van der Waals surface area contributed by atoms with Crippen LogP contribution in [-0.2, 0) is 22.4 Å². The Morgan fingerprint density at radius 2 is 1.83 bits per heavy atom. The molecule has 0 saturated carbocycles. The molecule has 2 unspecified atom stereocenters. The third kappa shape index (κ3) is 5.84. The van der Waals surface area contributed by atoms with E-state index in [0.29, 0.717) is 30.8 Å². The van der Waals surface area contributed by atoms with Crippen LogP contribution in [0.25, 0.3) is 0 Å². The minimum absolute atomic E-state index is 0.0536. The van der Waals surface area contributed by atoms with E-state index >= 15 is 0 Å². The fourth-order valence-corrected chi connectivity index (χ4v) is 6.10. The smallest absolute Gasteiger partial charge is 0.333 e. The normalized spacial score (nSPS) is 20.3. The number of fused-ring (bicyclic) bond motifs is 1. The third-order valence-corrected chi connectivity index (χ3v) is 7.76. The standard InChI is InChI=1S/C29H40FNO5/c1-19(2)26-23-9-8-22(30)18-21(23)11-13-29(26,27(36-6)28(32)33)14-16-31(3)15-12-20-7-10-24(34-4)25(17-20)35-5/h7-10,17-19,26-27H,11-16H2,1-6H3,(H,32,33)/t26?,27-,29?/m1/s1. The fourth-order valence-electron chi connectivity index (χ4n) is 6.10. The first kappa shape index (κ1) is 27.9. The van der Waals surface area contributed by atoms with E-state index in [4.69, 9.17) is 14.2 Å². The Morgan fingerprint density at radius 1 is 1.11 bits per heavy atom. The molecular formula is C29H40FNO5. The molecule has 36 heavy (non-hydrogen) atoms. The van der Waals surface area contributed by atoms with Crippen LogP contribution in [0, 0.1) is 17.2 Å². The maximum absolute atomic E-state index is 14.0. The van der Waals surface area contributed by atoms with E-state index in [1.807, 2.05) is 24.3 Å². The van der Waals surface area contributed by atoms with Crippen LogP contribution < -0.4 is 9.47 Å². The van der Waals surface area contributed by atoms with Crippen LogP contribution in [-0.4, -0.2) is 63.5 Å². The van der Waals surface area contributed by atoms with Gasteiger partial charge in [0, 0.05) is 19.1 Å². The first-order valence-electron chi connectivity index (χ1n) is 12.6. The van der Waals surface area contributed by atoms with Crippen molar-refractivity contribution in [3.05, 3.63) is 58.9 Å². The number of nitrogens with zero attached hydrogens (tertiary/aromatic N) is 1. The SMILES string of the molecule is COc1ccc(CCN(C)CCC2([C@H](OC)C(=O)O)CCc3cc(F)ccc3C2C(C)C)cc1OC. The molecule has 1 N–H and O–H groups in total. The summed E-state index contributed by atoms with van der Waals surface area (Å²) < 4.78 is 30.4. The number of halogens is 1. The Morgan fingerprint density at radius 3 is 2.44 bits per heavy atom. The van der Waals surface area contributed by atoms with Gasteiger partial charge in [-0.15, -0.1) is 0 Å². The van der Waals surface area contributed by atoms with Gasteiger partial charge in [0.2, 0.25) is 0 Å². The van der Waals surface area contributed by atoms with Crippen molar-refractivity contribution in [2.24, 2.45) is 11.3 Å². The van der Waals surface area contributed by atoms with Gasteiger partial charge in [-0.25, -0.2) is 9.18 Å². The number of aliphatic carboxylic acids is 1. The lowest BCUT2D eigenvalue weighted by Gasteiger charge is -2.50. The van der Waals surface area contributed by atoms with Gasteiger partial charge >= 0.3 is 5.97 Å². The second kappa shape index (κ2) is 12.1. The largest absolute Gasteiger partial charge is 0.493 e. The number of carboxylic acids is 1. The molecular weight excluding hydrogens is 461 g/mol. The lowest BCUT2D eigenvalue weighted by Crippen LogP contribution is -2.51. The summed E-state index contributed by atoms with van der Waals surface area (Å²) in [5.74, 6) is 0.332. The van der Waals surface area contributed by atoms with Crippen LogP contribution >= 0.6 is 0 Å². The van der Waals surface area contributed by atoms with Crippen LogP contribution in [0.3, 0.4) is 0 Å². The second-order valence-corrected chi connectivity index (χ2v) is 10.2.